The van der Waals surface area contributed by atoms with Gasteiger partial charge < -0.3 is 10.6 Å². The molecule has 1 aliphatic carbocycles. The molecule has 0 bridgehead atoms. The Morgan fingerprint density at radius 2 is 2.00 bits per heavy atom. The summed E-state index contributed by atoms with van der Waals surface area (Å²) >= 11 is 17.3. The average molecular weight is 317 g/mol. The summed E-state index contributed by atoms with van der Waals surface area (Å²) in [6, 6.07) is 5.79. The molecule has 1 saturated carbocycles. The van der Waals surface area contributed by atoms with Crippen LogP contribution in [0, 0.1) is 5.92 Å². The number of halogens is 2. The van der Waals surface area contributed by atoms with Gasteiger partial charge in [-0.15, -0.1) is 0 Å². The third-order valence-corrected chi connectivity index (χ3v) is 4.38. The van der Waals surface area contributed by atoms with Gasteiger partial charge in [0.1, 0.15) is 0 Å². The highest BCUT2D eigenvalue weighted by molar-refractivity contribution is 7.80. The molecule has 0 aromatic heterocycles. The Balaban J connectivity index is 1.93. The zero-order chi connectivity index (χ0) is 13.8. The molecule has 2 nitrogen and oxygen atoms in total. The number of hydrogen-bond acceptors (Lipinski definition) is 1. The van der Waals surface area contributed by atoms with E-state index in [4.69, 9.17) is 35.4 Å². The first-order chi connectivity index (χ1) is 9.06. The molecule has 1 aliphatic rings. The molecule has 19 heavy (non-hydrogen) atoms. The maximum absolute atomic E-state index is 6.11. The number of anilines is 1. The third-order valence-electron chi connectivity index (χ3n) is 3.61. The Kier molecular flexibility index (Phi) is 5.31. The average Bonchev–Trinajstić information content (AvgIpc) is 2.36. The van der Waals surface area contributed by atoms with E-state index >= 15 is 0 Å². The SMILES string of the molecule is C[C@@H]1CCCC[C@H]1NC(=S)Nc1ccc(Cl)cc1Cl. The summed E-state index contributed by atoms with van der Waals surface area (Å²) in [7, 11) is 0. The standard InChI is InChI=1S/C14H18Cl2N2S/c1-9-4-2-3-5-12(9)17-14(19)18-13-7-6-10(15)8-11(13)16/h6-9,12H,2-5H2,1H3,(H2,17,18,19)/t9-,12-/m1/s1. The second-order valence-electron chi connectivity index (χ2n) is 5.09. The molecular formula is C14H18Cl2N2S. The molecule has 104 valence electrons. The highest BCUT2D eigenvalue weighted by atomic mass is 35.5. The molecule has 1 aromatic rings. The lowest BCUT2D eigenvalue weighted by atomic mass is 9.86. The number of nitrogens with one attached hydrogen (secondary N) is 2. The Morgan fingerprint density at radius 3 is 2.68 bits per heavy atom. The van der Waals surface area contributed by atoms with Crippen molar-refractivity contribution in [2.75, 3.05) is 5.32 Å². The van der Waals surface area contributed by atoms with Crippen LogP contribution in [0.15, 0.2) is 18.2 Å². The fraction of sp³-hybridized carbons (Fsp3) is 0.500. The van der Waals surface area contributed by atoms with Crippen LogP contribution in [0.25, 0.3) is 0 Å². The normalized spacial score (nSPS) is 22.9. The summed E-state index contributed by atoms with van der Waals surface area (Å²) < 4.78 is 0. The van der Waals surface area contributed by atoms with Crippen LogP contribution in [-0.4, -0.2) is 11.2 Å². The Hall–Kier alpha value is -0.510. The predicted octanol–water partition coefficient (Wildman–Crippen LogP) is 4.86. The molecule has 0 spiro atoms. The highest BCUT2D eigenvalue weighted by Crippen LogP contribution is 2.26. The van der Waals surface area contributed by atoms with Gasteiger partial charge in [-0.3, -0.25) is 0 Å². The quantitative estimate of drug-likeness (QED) is 0.762. The molecule has 2 N–H and O–H groups in total. The van der Waals surface area contributed by atoms with Crippen molar-refractivity contribution in [1.82, 2.24) is 5.32 Å². The fourth-order valence-corrected chi connectivity index (χ4v) is 3.17. The van der Waals surface area contributed by atoms with Crippen LogP contribution in [0.4, 0.5) is 5.69 Å². The second kappa shape index (κ2) is 6.78. The second-order valence-corrected chi connectivity index (χ2v) is 6.34. The van der Waals surface area contributed by atoms with Gasteiger partial charge in [0.2, 0.25) is 0 Å². The summed E-state index contributed by atoms with van der Waals surface area (Å²) in [6.07, 6.45) is 5.04. The lowest BCUT2D eigenvalue weighted by Crippen LogP contribution is -2.43. The van der Waals surface area contributed by atoms with E-state index in [9.17, 15) is 0 Å². The lowest BCUT2D eigenvalue weighted by molar-refractivity contribution is 0.309. The van der Waals surface area contributed by atoms with E-state index in [2.05, 4.69) is 17.6 Å². The van der Waals surface area contributed by atoms with Gasteiger partial charge in [-0.2, -0.15) is 0 Å². The van der Waals surface area contributed by atoms with Gasteiger partial charge in [0.25, 0.3) is 0 Å². The van der Waals surface area contributed by atoms with Crippen molar-refractivity contribution < 1.29 is 0 Å². The fourth-order valence-electron chi connectivity index (χ4n) is 2.45. The van der Waals surface area contributed by atoms with Crippen molar-refractivity contribution in [1.29, 1.82) is 0 Å². The monoisotopic (exact) mass is 316 g/mol. The zero-order valence-corrected chi connectivity index (χ0v) is 13.2. The first kappa shape index (κ1) is 14.9. The molecule has 0 amide bonds. The summed E-state index contributed by atoms with van der Waals surface area (Å²) in [6.45, 7) is 2.27. The molecule has 0 radical (unpaired) electrons. The van der Waals surface area contributed by atoms with Crippen LogP contribution < -0.4 is 10.6 Å². The van der Waals surface area contributed by atoms with E-state index in [0.717, 1.165) is 5.69 Å². The van der Waals surface area contributed by atoms with E-state index < -0.39 is 0 Å². The summed E-state index contributed by atoms with van der Waals surface area (Å²) in [5.74, 6) is 0.661. The summed E-state index contributed by atoms with van der Waals surface area (Å²) in [5.41, 5.74) is 0.784. The molecular weight excluding hydrogens is 299 g/mol. The van der Waals surface area contributed by atoms with Gasteiger partial charge in [-0.05, 0) is 49.2 Å². The van der Waals surface area contributed by atoms with Crippen LogP contribution in [-0.2, 0) is 0 Å². The van der Waals surface area contributed by atoms with Crippen molar-refractivity contribution >= 4 is 46.2 Å². The number of benzene rings is 1. The van der Waals surface area contributed by atoms with Crippen LogP contribution in [0.2, 0.25) is 10.0 Å². The van der Waals surface area contributed by atoms with Crippen LogP contribution in [0.5, 0.6) is 0 Å². The lowest BCUT2D eigenvalue weighted by Gasteiger charge is -2.30. The zero-order valence-electron chi connectivity index (χ0n) is 10.9. The molecule has 2 rings (SSSR count). The molecule has 0 unspecified atom stereocenters. The van der Waals surface area contributed by atoms with Crippen molar-refractivity contribution in [3.05, 3.63) is 28.2 Å². The van der Waals surface area contributed by atoms with E-state index in [0.29, 0.717) is 27.1 Å². The van der Waals surface area contributed by atoms with Gasteiger partial charge in [-0.1, -0.05) is 43.0 Å². The minimum Gasteiger partial charge on any atom is -0.359 e. The van der Waals surface area contributed by atoms with Crippen molar-refractivity contribution in [3.63, 3.8) is 0 Å². The smallest absolute Gasteiger partial charge is 0.171 e. The maximum atomic E-state index is 6.11. The molecule has 0 saturated heterocycles. The molecule has 0 heterocycles. The predicted molar refractivity (Wildman–Crippen MR) is 87.2 cm³/mol. The van der Waals surface area contributed by atoms with Gasteiger partial charge in [0.05, 0.1) is 10.7 Å². The summed E-state index contributed by atoms with van der Waals surface area (Å²) in [5, 5.41) is 8.35. The Morgan fingerprint density at radius 1 is 1.26 bits per heavy atom. The van der Waals surface area contributed by atoms with Crippen LogP contribution in [0.1, 0.15) is 32.6 Å². The van der Waals surface area contributed by atoms with Crippen molar-refractivity contribution in [3.8, 4) is 0 Å². The highest BCUT2D eigenvalue weighted by Gasteiger charge is 2.21. The van der Waals surface area contributed by atoms with Crippen molar-refractivity contribution in [2.45, 2.75) is 38.6 Å². The van der Waals surface area contributed by atoms with E-state index in [1.807, 2.05) is 6.07 Å². The first-order valence-electron chi connectivity index (χ1n) is 6.59. The minimum absolute atomic E-state index is 0.458. The number of hydrogen-bond donors (Lipinski definition) is 2. The third kappa shape index (κ3) is 4.23. The van der Waals surface area contributed by atoms with Crippen LogP contribution in [0.3, 0.4) is 0 Å². The van der Waals surface area contributed by atoms with Gasteiger partial charge in [0, 0.05) is 11.1 Å². The molecule has 1 fully saturated rings. The summed E-state index contributed by atoms with van der Waals surface area (Å²) in [4.78, 5) is 0. The Bertz CT molecular complexity index is 465. The van der Waals surface area contributed by atoms with Gasteiger partial charge in [0.15, 0.2) is 5.11 Å². The van der Waals surface area contributed by atoms with Gasteiger partial charge in [-0.25, -0.2) is 0 Å². The first-order valence-corrected chi connectivity index (χ1v) is 7.75. The van der Waals surface area contributed by atoms with E-state index in [1.54, 1.807) is 12.1 Å². The van der Waals surface area contributed by atoms with Crippen molar-refractivity contribution in [2.24, 2.45) is 5.92 Å². The number of thiocarbonyl (C=S) groups is 1. The minimum atomic E-state index is 0.458. The van der Waals surface area contributed by atoms with Crippen LogP contribution >= 0.6 is 35.4 Å². The Labute approximate surface area is 129 Å². The topological polar surface area (TPSA) is 24.1 Å². The molecule has 5 heteroatoms. The molecule has 2 atom stereocenters. The maximum Gasteiger partial charge on any atom is 0.171 e. The van der Waals surface area contributed by atoms with Gasteiger partial charge >= 0.3 is 0 Å². The molecule has 0 aliphatic heterocycles. The van der Waals surface area contributed by atoms with E-state index in [-0.39, 0.29) is 0 Å². The largest absolute Gasteiger partial charge is 0.359 e. The van der Waals surface area contributed by atoms with E-state index in [1.165, 1.54) is 25.7 Å². The molecule has 1 aromatic carbocycles. The number of rotatable bonds is 2.